The molecule has 19 heavy (non-hydrogen) atoms. The number of aromatic amines is 1. The van der Waals surface area contributed by atoms with Crippen molar-refractivity contribution in [1.82, 2.24) is 4.98 Å². The number of aldehydes is 1. The number of hydrogen-bond acceptors (Lipinski definition) is 1. The van der Waals surface area contributed by atoms with Crippen LogP contribution in [-0.4, -0.2) is 11.3 Å². The third kappa shape index (κ3) is 2.20. The van der Waals surface area contributed by atoms with Crippen LogP contribution in [0.3, 0.4) is 0 Å². The molecule has 3 aromatic rings. The third-order valence-corrected chi connectivity index (χ3v) is 3.14. The van der Waals surface area contributed by atoms with E-state index in [1.807, 2.05) is 66.7 Å². The molecule has 0 aliphatic heterocycles. The zero-order valence-electron chi connectivity index (χ0n) is 10.3. The summed E-state index contributed by atoms with van der Waals surface area (Å²) in [6, 6.07) is 21.9. The lowest BCUT2D eigenvalue weighted by molar-refractivity contribution is 0.112. The lowest BCUT2D eigenvalue weighted by Gasteiger charge is -1.97. The van der Waals surface area contributed by atoms with Crippen molar-refractivity contribution in [3.63, 3.8) is 0 Å². The van der Waals surface area contributed by atoms with E-state index in [-0.39, 0.29) is 0 Å². The Hall–Kier alpha value is -2.61. The van der Waals surface area contributed by atoms with Crippen molar-refractivity contribution in [2.45, 2.75) is 0 Å². The second-order valence-electron chi connectivity index (χ2n) is 4.36. The Morgan fingerprint density at radius 3 is 1.95 bits per heavy atom. The van der Waals surface area contributed by atoms with Gasteiger partial charge in [0.15, 0.2) is 6.29 Å². The standard InChI is InChI=1S/C17H13NO/c19-12-17-15(13-7-3-1-4-8-13)11-16(18-17)14-9-5-2-6-10-14/h1-12,18H. The summed E-state index contributed by atoms with van der Waals surface area (Å²) in [5.41, 5.74) is 4.64. The number of rotatable bonds is 3. The van der Waals surface area contributed by atoms with Gasteiger partial charge >= 0.3 is 0 Å². The van der Waals surface area contributed by atoms with Crippen molar-refractivity contribution in [2.75, 3.05) is 0 Å². The molecule has 0 unspecified atom stereocenters. The van der Waals surface area contributed by atoms with Crippen LogP contribution in [0, 0.1) is 0 Å². The second kappa shape index (κ2) is 4.94. The smallest absolute Gasteiger partial charge is 0.166 e. The molecule has 2 heteroatoms. The van der Waals surface area contributed by atoms with Gasteiger partial charge in [0, 0.05) is 11.3 Å². The molecular weight excluding hydrogens is 234 g/mol. The molecule has 0 amide bonds. The molecule has 1 aromatic heterocycles. The van der Waals surface area contributed by atoms with Crippen LogP contribution in [0.1, 0.15) is 10.5 Å². The Balaban J connectivity index is 2.12. The minimum absolute atomic E-state index is 0.616. The minimum atomic E-state index is 0.616. The van der Waals surface area contributed by atoms with Crippen LogP contribution in [-0.2, 0) is 0 Å². The first kappa shape index (κ1) is 11.5. The molecule has 1 N–H and O–H groups in total. The molecule has 0 aliphatic rings. The number of hydrogen-bond donors (Lipinski definition) is 1. The van der Waals surface area contributed by atoms with E-state index in [1.165, 1.54) is 0 Å². The van der Waals surface area contributed by atoms with Crippen LogP contribution in [0.5, 0.6) is 0 Å². The number of nitrogens with one attached hydrogen (secondary N) is 1. The van der Waals surface area contributed by atoms with Gasteiger partial charge in [0.25, 0.3) is 0 Å². The summed E-state index contributed by atoms with van der Waals surface area (Å²) in [4.78, 5) is 14.4. The summed E-state index contributed by atoms with van der Waals surface area (Å²) in [6.45, 7) is 0. The molecule has 0 atom stereocenters. The fourth-order valence-electron chi connectivity index (χ4n) is 2.19. The van der Waals surface area contributed by atoms with Gasteiger partial charge in [-0.05, 0) is 17.2 Å². The molecule has 0 fully saturated rings. The van der Waals surface area contributed by atoms with E-state index < -0.39 is 0 Å². The van der Waals surface area contributed by atoms with E-state index in [2.05, 4.69) is 4.98 Å². The number of aromatic nitrogens is 1. The number of benzene rings is 2. The Morgan fingerprint density at radius 2 is 1.37 bits per heavy atom. The van der Waals surface area contributed by atoms with Crippen molar-refractivity contribution in [3.8, 4) is 22.4 Å². The van der Waals surface area contributed by atoms with E-state index in [1.54, 1.807) is 0 Å². The van der Waals surface area contributed by atoms with Crippen LogP contribution in [0.2, 0.25) is 0 Å². The first-order valence-electron chi connectivity index (χ1n) is 6.17. The summed E-state index contributed by atoms with van der Waals surface area (Å²) in [7, 11) is 0. The zero-order valence-corrected chi connectivity index (χ0v) is 10.3. The molecule has 92 valence electrons. The average molecular weight is 247 g/mol. The predicted octanol–water partition coefficient (Wildman–Crippen LogP) is 4.16. The SMILES string of the molecule is O=Cc1[nH]c(-c2ccccc2)cc1-c1ccccc1. The maximum atomic E-state index is 11.2. The van der Waals surface area contributed by atoms with Gasteiger partial charge < -0.3 is 4.98 Å². The fraction of sp³-hybridized carbons (Fsp3) is 0. The quantitative estimate of drug-likeness (QED) is 0.692. The molecule has 0 aliphatic carbocycles. The zero-order chi connectivity index (χ0) is 13.1. The van der Waals surface area contributed by atoms with Crippen LogP contribution in [0.4, 0.5) is 0 Å². The molecule has 0 saturated carbocycles. The Morgan fingerprint density at radius 1 is 0.789 bits per heavy atom. The minimum Gasteiger partial charge on any atom is -0.352 e. The molecule has 0 spiro atoms. The van der Waals surface area contributed by atoms with E-state index in [0.717, 1.165) is 28.7 Å². The van der Waals surface area contributed by atoms with E-state index in [9.17, 15) is 4.79 Å². The molecule has 0 saturated heterocycles. The second-order valence-corrected chi connectivity index (χ2v) is 4.36. The van der Waals surface area contributed by atoms with Crippen molar-refractivity contribution < 1.29 is 4.79 Å². The van der Waals surface area contributed by atoms with Gasteiger partial charge in [-0.2, -0.15) is 0 Å². The Bertz CT molecular complexity index is 684. The Labute approximate surface area is 111 Å². The third-order valence-electron chi connectivity index (χ3n) is 3.14. The van der Waals surface area contributed by atoms with E-state index in [4.69, 9.17) is 0 Å². The highest BCUT2D eigenvalue weighted by atomic mass is 16.1. The van der Waals surface area contributed by atoms with Gasteiger partial charge in [0.05, 0.1) is 5.69 Å². The van der Waals surface area contributed by atoms with Gasteiger partial charge in [-0.25, -0.2) is 0 Å². The first-order valence-corrected chi connectivity index (χ1v) is 6.17. The van der Waals surface area contributed by atoms with Gasteiger partial charge in [-0.15, -0.1) is 0 Å². The predicted molar refractivity (Wildman–Crippen MR) is 77.1 cm³/mol. The van der Waals surface area contributed by atoms with Crippen molar-refractivity contribution in [1.29, 1.82) is 0 Å². The van der Waals surface area contributed by atoms with Crippen LogP contribution >= 0.6 is 0 Å². The summed E-state index contributed by atoms with van der Waals surface area (Å²) in [6.07, 6.45) is 0.870. The lowest BCUT2D eigenvalue weighted by Crippen LogP contribution is -1.83. The van der Waals surface area contributed by atoms with E-state index >= 15 is 0 Å². The number of carbonyl (C=O) groups excluding carboxylic acids is 1. The van der Waals surface area contributed by atoms with Crippen LogP contribution in [0.15, 0.2) is 66.7 Å². The highest BCUT2D eigenvalue weighted by Gasteiger charge is 2.10. The maximum Gasteiger partial charge on any atom is 0.166 e. The number of H-pyrrole nitrogens is 1. The van der Waals surface area contributed by atoms with E-state index in [0.29, 0.717) is 5.69 Å². The molecule has 0 bridgehead atoms. The average Bonchev–Trinajstić information content (AvgIpc) is 2.93. The van der Waals surface area contributed by atoms with Gasteiger partial charge in [-0.1, -0.05) is 60.7 Å². The molecule has 2 nitrogen and oxygen atoms in total. The highest BCUT2D eigenvalue weighted by Crippen LogP contribution is 2.28. The molecule has 1 heterocycles. The van der Waals surface area contributed by atoms with Crippen molar-refractivity contribution in [2.24, 2.45) is 0 Å². The van der Waals surface area contributed by atoms with Gasteiger partial charge in [-0.3, -0.25) is 4.79 Å². The highest BCUT2D eigenvalue weighted by molar-refractivity contribution is 5.88. The van der Waals surface area contributed by atoms with Crippen LogP contribution < -0.4 is 0 Å². The summed E-state index contributed by atoms with van der Waals surface area (Å²) in [5.74, 6) is 0. The van der Waals surface area contributed by atoms with Crippen molar-refractivity contribution >= 4 is 6.29 Å². The summed E-state index contributed by atoms with van der Waals surface area (Å²) >= 11 is 0. The molecule has 0 radical (unpaired) electrons. The van der Waals surface area contributed by atoms with Gasteiger partial charge in [0.1, 0.15) is 0 Å². The normalized spacial score (nSPS) is 10.3. The van der Waals surface area contributed by atoms with Gasteiger partial charge in [0.2, 0.25) is 0 Å². The van der Waals surface area contributed by atoms with Crippen LogP contribution in [0.25, 0.3) is 22.4 Å². The first-order chi connectivity index (χ1) is 9.38. The summed E-state index contributed by atoms with van der Waals surface area (Å²) < 4.78 is 0. The monoisotopic (exact) mass is 247 g/mol. The molecule has 2 aromatic carbocycles. The summed E-state index contributed by atoms with van der Waals surface area (Å²) in [5, 5.41) is 0. The Kier molecular flexibility index (Phi) is 2.99. The largest absolute Gasteiger partial charge is 0.352 e. The number of carbonyl (C=O) groups is 1. The fourth-order valence-corrected chi connectivity index (χ4v) is 2.19. The maximum absolute atomic E-state index is 11.2. The lowest BCUT2D eigenvalue weighted by atomic mass is 10.1. The molecule has 3 rings (SSSR count). The van der Waals surface area contributed by atoms with Crippen molar-refractivity contribution in [3.05, 3.63) is 72.4 Å². The topological polar surface area (TPSA) is 32.9 Å². The molecular formula is C17H13NO.